The average Bonchev–Trinajstić information content (AvgIpc) is 2.98. The molecule has 0 atom stereocenters. The molecule has 1 saturated carbocycles. The summed E-state index contributed by atoms with van der Waals surface area (Å²) in [5.74, 6) is 0. The minimum atomic E-state index is -0.504. The Labute approximate surface area is 158 Å². The van der Waals surface area contributed by atoms with Crippen LogP contribution in [0.4, 0.5) is 16.2 Å². The van der Waals surface area contributed by atoms with Gasteiger partial charge in [0, 0.05) is 25.2 Å². The number of hydrogen-bond acceptors (Lipinski definition) is 6. The zero-order valence-electron chi connectivity index (χ0n) is 16.0. The molecule has 1 aromatic carbocycles. The minimum Gasteiger partial charge on any atom is -0.444 e. The van der Waals surface area contributed by atoms with Gasteiger partial charge in [0.15, 0.2) is 0 Å². The number of nitro groups is 1. The van der Waals surface area contributed by atoms with Crippen molar-refractivity contribution < 1.29 is 19.6 Å². The van der Waals surface area contributed by atoms with E-state index in [1.165, 1.54) is 6.07 Å². The van der Waals surface area contributed by atoms with Crippen LogP contribution in [0.5, 0.6) is 0 Å². The Bertz CT molecular complexity index is 737. The van der Waals surface area contributed by atoms with Crippen molar-refractivity contribution in [3.63, 3.8) is 0 Å². The Morgan fingerprint density at radius 2 is 2.15 bits per heavy atom. The van der Waals surface area contributed by atoms with Crippen molar-refractivity contribution in [2.45, 2.75) is 58.3 Å². The lowest BCUT2D eigenvalue weighted by atomic mass is 9.65. The topological polar surface area (TPSA) is 105 Å². The van der Waals surface area contributed by atoms with E-state index in [9.17, 15) is 14.9 Å². The van der Waals surface area contributed by atoms with Crippen LogP contribution in [0.3, 0.4) is 0 Å². The van der Waals surface area contributed by atoms with Gasteiger partial charge in [-0.25, -0.2) is 4.79 Å². The lowest BCUT2D eigenvalue weighted by Gasteiger charge is -2.45. The quantitative estimate of drug-likeness (QED) is 0.616. The Hall–Kier alpha value is -2.35. The van der Waals surface area contributed by atoms with Crippen molar-refractivity contribution in [2.75, 3.05) is 18.4 Å². The van der Waals surface area contributed by atoms with Gasteiger partial charge in [-0.2, -0.15) is 0 Å². The second kappa shape index (κ2) is 6.99. The second-order valence-electron chi connectivity index (χ2n) is 8.67. The average molecular weight is 377 g/mol. The summed E-state index contributed by atoms with van der Waals surface area (Å²) in [7, 11) is 0. The highest BCUT2D eigenvalue weighted by Gasteiger charge is 2.50. The van der Waals surface area contributed by atoms with Crippen LogP contribution in [-0.4, -0.2) is 45.8 Å². The number of likely N-dealkylation sites (tertiary alicyclic amines) is 1. The monoisotopic (exact) mass is 377 g/mol. The summed E-state index contributed by atoms with van der Waals surface area (Å²) in [6.07, 6.45) is 2.39. The molecule has 2 N–H and O–H groups in total. The Kier molecular flexibility index (Phi) is 5.03. The third kappa shape index (κ3) is 4.32. The van der Waals surface area contributed by atoms with Crippen molar-refractivity contribution in [3.8, 4) is 0 Å². The molecule has 1 amide bonds. The van der Waals surface area contributed by atoms with E-state index >= 15 is 0 Å². The first-order valence-corrected chi connectivity index (χ1v) is 9.23. The Morgan fingerprint density at radius 3 is 2.74 bits per heavy atom. The zero-order chi connectivity index (χ0) is 19.8. The number of carbonyl (C=O) groups is 1. The summed E-state index contributed by atoms with van der Waals surface area (Å²) >= 11 is 0. The van der Waals surface area contributed by atoms with Crippen molar-refractivity contribution in [2.24, 2.45) is 5.41 Å². The number of rotatable bonds is 4. The Morgan fingerprint density at radius 1 is 1.44 bits per heavy atom. The number of hydrogen-bond donors (Lipinski definition) is 2. The lowest BCUT2D eigenvalue weighted by Crippen LogP contribution is -2.47. The highest BCUT2D eigenvalue weighted by molar-refractivity contribution is 5.69. The third-order valence-corrected chi connectivity index (χ3v) is 5.25. The van der Waals surface area contributed by atoms with Crippen LogP contribution in [0.1, 0.15) is 45.6 Å². The maximum atomic E-state index is 12.2. The summed E-state index contributed by atoms with van der Waals surface area (Å²) < 4.78 is 5.45. The van der Waals surface area contributed by atoms with Gasteiger partial charge in [-0.3, -0.25) is 10.1 Å². The number of anilines is 1. The molecule has 1 aliphatic heterocycles. The van der Waals surface area contributed by atoms with Gasteiger partial charge in [0.2, 0.25) is 0 Å². The molecule has 27 heavy (non-hydrogen) atoms. The highest BCUT2D eigenvalue weighted by atomic mass is 16.6. The smallest absolute Gasteiger partial charge is 0.410 e. The summed E-state index contributed by atoms with van der Waals surface area (Å²) in [5.41, 5.74) is 0.536. The predicted octanol–water partition coefficient (Wildman–Crippen LogP) is 3.29. The Balaban J connectivity index is 1.58. The zero-order valence-corrected chi connectivity index (χ0v) is 16.0. The number of nitrogens with zero attached hydrogens (tertiary/aromatic N) is 2. The van der Waals surface area contributed by atoms with E-state index in [2.05, 4.69) is 5.32 Å². The predicted molar refractivity (Wildman–Crippen MR) is 101 cm³/mol. The molecule has 1 aromatic rings. The molecule has 0 unspecified atom stereocenters. The van der Waals surface area contributed by atoms with Crippen LogP contribution in [0.15, 0.2) is 18.2 Å². The number of aliphatic hydroxyl groups excluding tert-OH is 1. The highest BCUT2D eigenvalue weighted by Crippen LogP contribution is 2.49. The lowest BCUT2D eigenvalue weighted by molar-refractivity contribution is -0.384. The van der Waals surface area contributed by atoms with Crippen LogP contribution < -0.4 is 5.32 Å². The molecule has 8 nitrogen and oxygen atoms in total. The number of ether oxygens (including phenoxy) is 1. The first kappa shape index (κ1) is 19.4. The number of amides is 1. The summed E-state index contributed by atoms with van der Waals surface area (Å²) in [4.78, 5) is 24.8. The number of aliphatic hydroxyl groups is 1. The van der Waals surface area contributed by atoms with Crippen LogP contribution in [0.2, 0.25) is 0 Å². The van der Waals surface area contributed by atoms with Gasteiger partial charge >= 0.3 is 6.09 Å². The molecule has 0 bridgehead atoms. The van der Waals surface area contributed by atoms with E-state index < -0.39 is 10.5 Å². The number of nitrogens with one attached hydrogen (secondary N) is 1. The fourth-order valence-electron chi connectivity index (χ4n) is 4.01. The standard InChI is InChI=1S/C19H27N3O5/c1-18(2,3)27-17(24)21-7-6-19(12-21)9-14(10-19)20-15-5-4-13(11-23)8-16(15)22(25)26/h4-5,8,14,20,23H,6-7,9-12H2,1-3H3. The second-order valence-corrected chi connectivity index (χ2v) is 8.67. The van der Waals surface area contributed by atoms with Crippen molar-refractivity contribution >= 4 is 17.5 Å². The maximum Gasteiger partial charge on any atom is 0.410 e. The minimum absolute atomic E-state index is 0.0238. The summed E-state index contributed by atoms with van der Waals surface area (Å²) in [6.45, 7) is 6.70. The van der Waals surface area contributed by atoms with Crippen molar-refractivity contribution in [1.82, 2.24) is 4.90 Å². The SMILES string of the molecule is CC(C)(C)OC(=O)N1CCC2(CC(Nc3ccc(CO)cc3[N+](=O)[O-])C2)C1. The molecule has 148 valence electrons. The van der Waals surface area contributed by atoms with Gasteiger partial charge in [-0.05, 0) is 57.1 Å². The number of benzene rings is 1. The van der Waals surface area contributed by atoms with E-state index in [1.807, 2.05) is 20.8 Å². The molecule has 8 heteroatoms. The van der Waals surface area contributed by atoms with Gasteiger partial charge in [0.05, 0.1) is 11.5 Å². The fraction of sp³-hybridized carbons (Fsp3) is 0.632. The van der Waals surface area contributed by atoms with Crippen molar-refractivity contribution in [1.29, 1.82) is 0 Å². The van der Waals surface area contributed by atoms with E-state index in [-0.39, 0.29) is 29.8 Å². The van der Waals surface area contributed by atoms with Crippen LogP contribution >= 0.6 is 0 Å². The van der Waals surface area contributed by atoms with Gasteiger partial charge in [-0.1, -0.05) is 6.07 Å². The molecule has 3 rings (SSSR count). The largest absolute Gasteiger partial charge is 0.444 e. The number of carbonyl (C=O) groups excluding carboxylic acids is 1. The molecular weight excluding hydrogens is 350 g/mol. The molecule has 1 heterocycles. The molecule has 0 aromatic heterocycles. The molecule has 1 aliphatic carbocycles. The van der Waals surface area contributed by atoms with Gasteiger partial charge in [0.1, 0.15) is 11.3 Å². The molecular formula is C19H27N3O5. The molecule has 0 radical (unpaired) electrons. The van der Waals surface area contributed by atoms with Gasteiger partial charge in [0.25, 0.3) is 5.69 Å². The summed E-state index contributed by atoms with van der Waals surface area (Å²) in [5, 5.41) is 23.7. The van der Waals surface area contributed by atoms with E-state index in [1.54, 1.807) is 17.0 Å². The fourth-order valence-corrected chi connectivity index (χ4v) is 4.01. The van der Waals surface area contributed by atoms with Gasteiger partial charge in [-0.15, -0.1) is 0 Å². The number of nitro benzene ring substituents is 1. The van der Waals surface area contributed by atoms with Crippen LogP contribution in [0.25, 0.3) is 0 Å². The van der Waals surface area contributed by atoms with E-state index in [0.29, 0.717) is 24.3 Å². The molecule has 1 spiro atoms. The normalized spacial score (nSPS) is 24.6. The molecule has 2 aliphatic rings. The van der Waals surface area contributed by atoms with Crippen LogP contribution in [-0.2, 0) is 11.3 Å². The third-order valence-electron chi connectivity index (χ3n) is 5.25. The maximum absolute atomic E-state index is 12.2. The first-order chi connectivity index (χ1) is 12.6. The van der Waals surface area contributed by atoms with E-state index in [4.69, 9.17) is 9.84 Å². The van der Waals surface area contributed by atoms with Crippen molar-refractivity contribution in [3.05, 3.63) is 33.9 Å². The molecule has 1 saturated heterocycles. The first-order valence-electron chi connectivity index (χ1n) is 9.23. The molecule has 2 fully saturated rings. The summed E-state index contributed by atoms with van der Waals surface area (Å²) in [6, 6.07) is 4.87. The van der Waals surface area contributed by atoms with Crippen LogP contribution in [0, 0.1) is 15.5 Å². The van der Waals surface area contributed by atoms with Gasteiger partial charge < -0.3 is 20.1 Å². The van der Waals surface area contributed by atoms with E-state index in [0.717, 1.165) is 19.3 Å².